The van der Waals surface area contributed by atoms with Gasteiger partial charge in [0.25, 0.3) is 0 Å². The van der Waals surface area contributed by atoms with Gasteiger partial charge in [0, 0.05) is 5.41 Å². The second-order valence-corrected chi connectivity index (χ2v) is 9.88. The van der Waals surface area contributed by atoms with Gasteiger partial charge in [-0.05, 0) is 94.8 Å². The molecule has 0 unspecified atom stereocenters. The lowest BCUT2D eigenvalue weighted by Gasteiger charge is -2.22. The summed E-state index contributed by atoms with van der Waals surface area (Å²) in [7, 11) is 0. The fourth-order valence-electron chi connectivity index (χ4n) is 4.88. The van der Waals surface area contributed by atoms with Crippen molar-refractivity contribution in [2.45, 2.75) is 46.0 Å². The quantitative estimate of drug-likeness (QED) is 0.143. The largest absolute Gasteiger partial charge is 0.458 e. The molecule has 0 fully saturated rings. The first-order valence-corrected chi connectivity index (χ1v) is 12.8. The zero-order valence-electron chi connectivity index (χ0n) is 21.8. The average molecular weight is 493 g/mol. The maximum Gasteiger partial charge on any atom is 0.343 e. The molecule has 4 aromatic carbocycles. The average Bonchev–Trinajstić information content (AvgIpc) is 3.15. The first-order chi connectivity index (χ1) is 17.9. The molecule has 0 atom stereocenters. The van der Waals surface area contributed by atoms with E-state index in [0.717, 1.165) is 41.0 Å². The summed E-state index contributed by atoms with van der Waals surface area (Å²) in [6.07, 6.45) is 1.93. The number of carbonyl (C=O) groups is 1. The van der Waals surface area contributed by atoms with Gasteiger partial charge in [-0.1, -0.05) is 64.1 Å². The summed E-state index contributed by atoms with van der Waals surface area (Å²) in [6.45, 7) is 8.72. The van der Waals surface area contributed by atoms with Gasteiger partial charge in [0.2, 0.25) is 6.79 Å². The van der Waals surface area contributed by atoms with Crippen molar-refractivity contribution in [3.05, 3.63) is 113 Å². The first kappa shape index (κ1) is 24.6. The van der Waals surface area contributed by atoms with Crippen LogP contribution in [0.3, 0.4) is 0 Å². The minimum Gasteiger partial charge on any atom is -0.458 e. The molecule has 0 heterocycles. The third-order valence-corrected chi connectivity index (χ3v) is 7.21. The Morgan fingerprint density at radius 1 is 0.649 bits per heavy atom. The van der Waals surface area contributed by atoms with Crippen molar-refractivity contribution in [3.8, 4) is 28.4 Å². The molecule has 5 rings (SSSR count). The van der Waals surface area contributed by atoms with Crippen molar-refractivity contribution in [1.29, 1.82) is 0 Å². The number of esters is 1. The van der Waals surface area contributed by atoms with E-state index in [-0.39, 0.29) is 18.2 Å². The molecular formula is C33H32O4. The molecule has 0 spiro atoms. The lowest BCUT2D eigenvalue weighted by molar-refractivity contribution is 0.0734. The highest BCUT2D eigenvalue weighted by molar-refractivity contribution is 5.91. The Morgan fingerprint density at radius 2 is 1.14 bits per heavy atom. The van der Waals surface area contributed by atoms with Crippen molar-refractivity contribution in [1.82, 2.24) is 0 Å². The van der Waals surface area contributed by atoms with E-state index in [1.807, 2.05) is 60.7 Å². The predicted octanol–water partition coefficient (Wildman–Crippen LogP) is 7.75. The molecule has 0 amide bonds. The van der Waals surface area contributed by atoms with Crippen molar-refractivity contribution in [3.63, 3.8) is 0 Å². The third kappa shape index (κ3) is 4.97. The van der Waals surface area contributed by atoms with Crippen LogP contribution in [0.5, 0.6) is 17.2 Å². The zero-order chi connectivity index (χ0) is 26.0. The second kappa shape index (κ2) is 10.1. The van der Waals surface area contributed by atoms with Crippen LogP contribution in [-0.2, 0) is 18.3 Å². The molecule has 4 heteroatoms. The molecule has 1 aliphatic rings. The Labute approximate surface area is 218 Å². The van der Waals surface area contributed by atoms with Gasteiger partial charge in [0.15, 0.2) is 0 Å². The number of aryl methyl sites for hydroxylation is 2. The van der Waals surface area contributed by atoms with Gasteiger partial charge in [0.05, 0.1) is 5.56 Å². The van der Waals surface area contributed by atoms with Crippen LogP contribution in [0.4, 0.5) is 0 Å². The van der Waals surface area contributed by atoms with Crippen LogP contribution >= 0.6 is 0 Å². The highest BCUT2D eigenvalue weighted by Gasteiger charge is 2.36. The summed E-state index contributed by atoms with van der Waals surface area (Å²) in [5, 5.41) is 0. The lowest BCUT2D eigenvalue weighted by Crippen LogP contribution is -2.16. The molecule has 0 bridgehead atoms. The minimum absolute atomic E-state index is 0.136. The molecule has 0 aromatic heterocycles. The summed E-state index contributed by atoms with van der Waals surface area (Å²) in [6, 6.07) is 27.7. The summed E-state index contributed by atoms with van der Waals surface area (Å²) < 4.78 is 17.5. The minimum atomic E-state index is -0.351. The standard InChI is InChI=1S/C33H32O4/c1-5-22-7-11-24(12-8-22)32(34)37-27-16-18-29-28-17-15-26(19-30(28)33(3,4)31(29)20-27)36-21-35-25-13-9-23(6-2)10-14-25/h7-20H,5-6,21H2,1-4H3. The fourth-order valence-corrected chi connectivity index (χ4v) is 4.88. The van der Waals surface area contributed by atoms with Gasteiger partial charge in [-0.15, -0.1) is 0 Å². The summed E-state index contributed by atoms with van der Waals surface area (Å²) in [5.41, 5.74) is 7.34. The van der Waals surface area contributed by atoms with Crippen LogP contribution in [0.25, 0.3) is 11.1 Å². The van der Waals surface area contributed by atoms with E-state index in [2.05, 4.69) is 52.0 Å². The second-order valence-electron chi connectivity index (χ2n) is 9.88. The maximum absolute atomic E-state index is 12.7. The van der Waals surface area contributed by atoms with Gasteiger partial charge in [0.1, 0.15) is 17.2 Å². The van der Waals surface area contributed by atoms with E-state index in [4.69, 9.17) is 14.2 Å². The molecule has 1 aliphatic carbocycles. The van der Waals surface area contributed by atoms with Crippen LogP contribution in [-0.4, -0.2) is 12.8 Å². The molecule has 188 valence electrons. The number of hydrogen-bond acceptors (Lipinski definition) is 4. The summed E-state index contributed by atoms with van der Waals surface area (Å²) >= 11 is 0. The third-order valence-electron chi connectivity index (χ3n) is 7.21. The normalized spacial score (nSPS) is 13.0. The molecule has 37 heavy (non-hydrogen) atoms. The predicted molar refractivity (Wildman–Crippen MR) is 147 cm³/mol. The van der Waals surface area contributed by atoms with E-state index < -0.39 is 0 Å². The monoisotopic (exact) mass is 492 g/mol. The van der Waals surface area contributed by atoms with Crippen molar-refractivity contribution in [2.24, 2.45) is 0 Å². The van der Waals surface area contributed by atoms with E-state index in [9.17, 15) is 4.79 Å². The molecule has 4 nitrogen and oxygen atoms in total. The Bertz CT molecular complexity index is 1420. The van der Waals surface area contributed by atoms with Gasteiger partial charge in [-0.25, -0.2) is 4.79 Å². The molecule has 4 aromatic rings. The molecule has 0 saturated carbocycles. The highest BCUT2D eigenvalue weighted by Crippen LogP contribution is 2.50. The Balaban J connectivity index is 1.30. The first-order valence-electron chi connectivity index (χ1n) is 12.8. The highest BCUT2D eigenvalue weighted by atomic mass is 16.7. The lowest BCUT2D eigenvalue weighted by atomic mass is 9.82. The topological polar surface area (TPSA) is 44.8 Å². The van der Waals surface area contributed by atoms with E-state index in [1.54, 1.807) is 0 Å². The van der Waals surface area contributed by atoms with Crippen LogP contribution < -0.4 is 14.2 Å². The Morgan fingerprint density at radius 3 is 1.73 bits per heavy atom. The maximum atomic E-state index is 12.7. The summed E-state index contributed by atoms with van der Waals surface area (Å²) in [5.74, 6) is 1.74. The van der Waals surface area contributed by atoms with Crippen LogP contribution in [0.2, 0.25) is 0 Å². The van der Waals surface area contributed by atoms with Crippen LogP contribution in [0.1, 0.15) is 60.3 Å². The number of fused-ring (bicyclic) bond motifs is 3. The van der Waals surface area contributed by atoms with E-state index in [0.29, 0.717) is 11.3 Å². The number of hydrogen-bond donors (Lipinski definition) is 0. The van der Waals surface area contributed by atoms with E-state index >= 15 is 0 Å². The molecule has 0 saturated heterocycles. The number of rotatable bonds is 8. The zero-order valence-corrected chi connectivity index (χ0v) is 21.8. The number of benzene rings is 4. The molecule has 0 N–H and O–H groups in total. The van der Waals surface area contributed by atoms with Gasteiger partial charge < -0.3 is 14.2 Å². The van der Waals surface area contributed by atoms with Crippen LogP contribution in [0, 0.1) is 0 Å². The summed E-state index contributed by atoms with van der Waals surface area (Å²) in [4.78, 5) is 12.7. The number of carbonyl (C=O) groups excluding carboxylic acids is 1. The Hall–Kier alpha value is -4.05. The smallest absolute Gasteiger partial charge is 0.343 e. The SMILES string of the molecule is CCc1ccc(OCOc2ccc3c(c2)C(C)(C)c2cc(OC(=O)c4ccc(CC)cc4)ccc2-3)cc1. The molecule has 0 aliphatic heterocycles. The van der Waals surface area contributed by atoms with Gasteiger partial charge in [-0.3, -0.25) is 0 Å². The number of ether oxygens (including phenoxy) is 3. The van der Waals surface area contributed by atoms with E-state index in [1.165, 1.54) is 16.7 Å². The van der Waals surface area contributed by atoms with Crippen molar-refractivity contribution < 1.29 is 19.0 Å². The molecule has 0 radical (unpaired) electrons. The van der Waals surface area contributed by atoms with Crippen molar-refractivity contribution in [2.75, 3.05) is 6.79 Å². The molecular weight excluding hydrogens is 460 g/mol. The van der Waals surface area contributed by atoms with Gasteiger partial charge >= 0.3 is 5.97 Å². The van der Waals surface area contributed by atoms with Crippen LogP contribution in [0.15, 0.2) is 84.9 Å². The van der Waals surface area contributed by atoms with Crippen molar-refractivity contribution >= 4 is 5.97 Å². The van der Waals surface area contributed by atoms with Gasteiger partial charge in [-0.2, -0.15) is 0 Å². The fraction of sp³-hybridized carbons (Fsp3) is 0.242. The Kier molecular flexibility index (Phi) is 6.75.